The number of pyridine rings is 2. The third kappa shape index (κ3) is 11.9. The highest BCUT2D eigenvalue weighted by Crippen LogP contribution is 2.50. The molecule has 0 bridgehead atoms. The van der Waals surface area contributed by atoms with Gasteiger partial charge in [-0.05, 0) is 239 Å². The summed E-state index contributed by atoms with van der Waals surface area (Å²) in [7, 11) is 0. The van der Waals surface area contributed by atoms with Gasteiger partial charge in [-0.2, -0.15) is 0 Å². The van der Waals surface area contributed by atoms with Gasteiger partial charge in [0.25, 0.3) is 0 Å². The number of aromatic nitrogens is 6. The molecule has 22 aromatic carbocycles. The molecule has 6 nitrogen and oxygen atoms in total. The van der Waals surface area contributed by atoms with Crippen molar-refractivity contribution in [3.05, 3.63) is 449 Å². The standard InChI is InChI=1S/2C60H37N3/c1-3-17-38(18-4-1)60-62-57-35-41(31-32-58(57)63(60)42-21-5-2-6-22-42)56-37-54(52-34-40-20-8-10-24-44(40)46-26-12-14-28-48(46)52)55-36-53(49-29-15-16-30-50(49)59(55)61-56)51-33-39-19-7-9-23-43(39)45-25-11-13-27-47(45)51;1-2-16-39(17-3-1)60-62-56-28-14-15-29-58(56)63(60)42-32-30-38(31-33-42)57-37-54(52-35-41-19-5-7-21-44(41)46-23-9-11-25-48(46)52)55-36-53(49-26-12-13-27-50(49)59(55)61-57)51-34-40-18-4-6-20-43(40)45-22-8-10-24-47(45)51/h2*1-37H. The van der Waals surface area contributed by atoms with E-state index >= 15 is 0 Å². The molecule has 0 saturated carbocycles. The summed E-state index contributed by atoms with van der Waals surface area (Å²) in [6.07, 6.45) is 0. The number of para-hydroxylation sites is 3. The van der Waals surface area contributed by atoms with Crippen LogP contribution in [0.2, 0.25) is 0 Å². The van der Waals surface area contributed by atoms with Gasteiger partial charge in [-0.1, -0.05) is 352 Å². The van der Waals surface area contributed by atoms with E-state index in [1.54, 1.807) is 0 Å². The van der Waals surface area contributed by atoms with Crippen molar-refractivity contribution in [1.82, 2.24) is 29.1 Å². The van der Waals surface area contributed by atoms with E-state index in [0.717, 1.165) is 122 Å². The van der Waals surface area contributed by atoms with Crippen LogP contribution < -0.4 is 0 Å². The zero-order chi connectivity index (χ0) is 82.9. The molecule has 0 N–H and O–H groups in total. The average Bonchev–Trinajstić information content (AvgIpc) is 0.946. The Kier molecular flexibility index (Phi) is 16.9. The summed E-state index contributed by atoms with van der Waals surface area (Å²) in [5, 5.41) is 26.6. The van der Waals surface area contributed by atoms with Crippen molar-refractivity contribution in [3.8, 4) is 101 Å². The van der Waals surface area contributed by atoms with E-state index in [4.69, 9.17) is 19.9 Å². The maximum atomic E-state index is 5.67. The van der Waals surface area contributed by atoms with Crippen LogP contribution in [0.5, 0.6) is 0 Å². The molecule has 126 heavy (non-hydrogen) atoms. The Balaban J connectivity index is 0.000000137. The highest BCUT2D eigenvalue weighted by Gasteiger charge is 2.26. The van der Waals surface area contributed by atoms with E-state index in [-0.39, 0.29) is 0 Å². The van der Waals surface area contributed by atoms with E-state index in [1.807, 2.05) is 6.07 Å². The first-order valence-electron chi connectivity index (χ1n) is 43.1. The van der Waals surface area contributed by atoms with Gasteiger partial charge in [-0.25, -0.2) is 19.9 Å². The minimum absolute atomic E-state index is 0.904. The molecular weight excluding hydrogens is 1530 g/mol. The van der Waals surface area contributed by atoms with Crippen molar-refractivity contribution >= 4 is 152 Å². The van der Waals surface area contributed by atoms with Crippen molar-refractivity contribution < 1.29 is 0 Å². The fourth-order valence-corrected chi connectivity index (χ4v) is 20.1. The first kappa shape index (κ1) is 72.1. The van der Waals surface area contributed by atoms with Crippen LogP contribution in [0.3, 0.4) is 0 Å². The maximum Gasteiger partial charge on any atom is 0.145 e. The second-order valence-electron chi connectivity index (χ2n) is 33.0. The summed E-state index contributed by atoms with van der Waals surface area (Å²) < 4.78 is 4.53. The van der Waals surface area contributed by atoms with Crippen molar-refractivity contribution in [3.63, 3.8) is 0 Å². The normalized spacial score (nSPS) is 11.8. The summed E-state index contributed by atoms with van der Waals surface area (Å²) in [6, 6.07) is 162. The van der Waals surface area contributed by atoms with E-state index in [9.17, 15) is 0 Å². The molecule has 0 spiro atoms. The Bertz CT molecular complexity index is 8960. The Morgan fingerprint density at radius 1 is 0.151 bits per heavy atom. The van der Waals surface area contributed by atoms with Crippen molar-refractivity contribution in [2.45, 2.75) is 0 Å². The molecular formula is C120H74N6. The summed E-state index contributed by atoms with van der Waals surface area (Å²) >= 11 is 0. The van der Waals surface area contributed by atoms with Gasteiger partial charge in [-0.15, -0.1) is 0 Å². The van der Waals surface area contributed by atoms with Crippen LogP contribution in [0.25, 0.3) is 253 Å². The lowest BCUT2D eigenvalue weighted by atomic mass is 9.86. The minimum Gasteiger partial charge on any atom is -0.292 e. The zero-order valence-corrected chi connectivity index (χ0v) is 68.4. The number of imidazole rings is 2. The molecule has 0 saturated heterocycles. The number of hydrogen-bond acceptors (Lipinski definition) is 4. The number of nitrogens with zero attached hydrogens (tertiary/aromatic N) is 6. The number of hydrogen-bond donors (Lipinski definition) is 0. The van der Waals surface area contributed by atoms with Crippen LogP contribution in [-0.2, 0) is 0 Å². The monoisotopic (exact) mass is 1600 g/mol. The Morgan fingerprint density at radius 3 is 0.833 bits per heavy atom. The third-order valence-corrected chi connectivity index (χ3v) is 25.9. The zero-order valence-electron chi connectivity index (χ0n) is 68.4. The van der Waals surface area contributed by atoms with Crippen molar-refractivity contribution in [2.24, 2.45) is 0 Å². The van der Waals surface area contributed by atoms with Crippen LogP contribution in [0.4, 0.5) is 0 Å². The van der Waals surface area contributed by atoms with Gasteiger partial charge in [0.05, 0.1) is 44.5 Å². The third-order valence-electron chi connectivity index (χ3n) is 25.9. The molecule has 0 aliphatic heterocycles. The largest absolute Gasteiger partial charge is 0.292 e. The quantitative estimate of drug-likeness (QED) is 0.128. The van der Waals surface area contributed by atoms with Crippen molar-refractivity contribution in [2.75, 3.05) is 0 Å². The second kappa shape index (κ2) is 29.5. The lowest BCUT2D eigenvalue weighted by molar-refractivity contribution is 1.10. The molecule has 0 aliphatic rings. The summed E-state index contributed by atoms with van der Waals surface area (Å²) in [5.41, 5.74) is 23.6. The van der Waals surface area contributed by atoms with E-state index in [1.165, 1.54) is 130 Å². The van der Waals surface area contributed by atoms with Crippen LogP contribution in [-0.4, -0.2) is 29.1 Å². The van der Waals surface area contributed by atoms with Crippen LogP contribution >= 0.6 is 0 Å². The van der Waals surface area contributed by atoms with Gasteiger partial charge in [0.15, 0.2) is 0 Å². The Labute approximate surface area is 725 Å². The molecule has 6 heteroatoms. The molecule has 0 amide bonds. The first-order chi connectivity index (χ1) is 62.5. The fraction of sp³-hybridized carbons (Fsp3) is 0. The highest BCUT2D eigenvalue weighted by molar-refractivity contribution is 6.26. The van der Waals surface area contributed by atoms with Gasteiger partial charge in [0.1, 0.15) is 11.6 Å². The molecule has 0 unspecified atom stereocenters. The predicted molar refractivity (Wildman–Crippen MR) is 531 cm³/mol. The van der Waals surface area contributed by atoms with E-state index in [2.05, 4.69) is 452 Å². The molecule has 0 aliphatic carbocycles. The lowest BCUT2D eigenvalue weighted by Gasteiger charge is -2.19. The molecule has 0 fully saturated rings. The van der Waals surface area contributed by atoms with Gasteiger partial charge < -0.3 is 0 Å². The summed E-state index contributed by atoms with van der Waals surface area (Å²) in [6.45, 7) is 0. The van der Waals surface area contributed by atoms with Gasteiger partial charge in [-0.3, -0.25) is 9.13 Å². The topological polar surface area (TPSA) is 61.4 Å². The van der Waals surface area contributed by atoms with Crippen molar-refractivity contribution in [1.29, 1.82) is 0 Å². The lowest BCUT2D eigenvalue weighted by Crippen LogP contribution is -1.98. The predicted octanol–water partition coefficient (Wildman–Crippen LogP) is 32.0. The maximum absolute atomic E-state index is 5.67. The summed E-state index contributed by atoms with van der Waals surface area (Å²) in [5.74, 6) is 1.82. The number of benzene rings is 22. The molecule has 4 heterocycles. The molecule has 0 radical (unpaired) electrons. The van der Waals surface area contributed by atoms with Gasteiger partial charge in [0, 0.05) is 55.2 Å². The first-order valence-corrected chi connectivity index (χ1v) is 43.1. The van der Waals surface area contributed by atoms with Gasteiger partial charge >= 0.3 is 0 Å². The molecule has 0 atom stereocenters. The number of rotatable bonds is 10. The van der Waals surface area contributed by atoms with Crippen LogP contribution in [0, 0.1) is 0 Å². The molecule has 4 aromatic heterocycles. The SMILES string of the molecule is c1ccc(-c2nc3cc(-c4cc(-c5cc6ccccc6c6ccccc56)c5cc(-c6cc7ccccc7c7ccccc67)c6ccccc6c5n4)ccc3n2-c2ccccc2)cc1.c1ccc(-c2nc3ccccc3n2-c2ccc(-c3cc(-c4cc5ccccc5c5ccccc45)c4cc(-c5cc6ccccc6c6ccccc56)c5ccccc5c4n3)cc2)cc1. The van der Waals surface area contributed by atoms with E-state index < -0.39 is 0 Å². The number of fused-ring (bicyclic) bond motifs is 20. The Hall–Kier alpha value is -16.8. The van der Waals surface area contributed by atoms with Crippen LogP contribution in [0.15, 0.2) is 449 Å². The summed E-state index contributed by atoms with van der Waals surface area (Å²) in [4.78, 5) is 21.8. The molecule has 26 aromatic rings. The Morgan fingerprint density at radius 2 is 0.429 bits per heavy atom. The molecule has 584 valence electrons. The smallest absolute Gasteiger partial charge is 0.145 e. The van der Waals surface area contributed by atoms with Gasteiger partial charge in [0.2, 0.25) is 0 Å². The highest BCUT2D eigenvalue weighted by atomic mass is 15.1. The van der Waals surface area contributed by atoms with Crippen LogP contribution in [0.1, 0.15) is 0 Å². The molecule has 26 rings (SSSR count). The fourth-order valence-electron chi connectivity index (χ4n) is 20.1. The second-order valence-corrected chi connectivity index (χ2v) is 33.0. The minimum atomic E-state index is 0.904. The average molecular weight is 1600 g/mol. The van der Waals surface area contributed by atoms with E-state index in [0.29, 0.717) is 0 Å².